The van der Waals surface area contributed by atoms with Crippen molar-refractivity contribution in [1.82, 2.24) is 9.78 Å². The zero-order chi connectivity index (χ0) is 15.0. The fourth-order valence-corrected chi connectivity index (χ4v) is 2.09. The molecule has 0 aliphatic heterocycles. The van der Waals surface area contributed by atoms with E-state index < -0.39 is 17.7 Å². The molecule has 21 heavy (non-hydrogen) atoms. The average molecular weight is 284 g/mol. The number of benzene rings is 2. The summed E-state index contributed by atoms with van der Waals surface area (Å²) in [6.45, 7) is 0. The highest BCUT2D eigenvalue weighted by molar-refractivity contribution is 6.07. The Kier molecular flexibility index (Phi) is 2.98. The number of carbonyl (C=O) groups excluding carboxylic acids is 1. The molecule has 0 aliphatic rings. The topological polar surface area (TPSA) is 72.2 Å². The number of carbonyl (C=O) groups is 2. The van der Waals surface area contributed by atoms with Crippen LogP contribution in [-0.4, -0.2) is 26.8 Å². The molecule has 0 atom stereocenters. The van der Waals surface area contributed by atoms with E-state index in [0.29, 0.717) is 10.9 Å². The van der Waals surface area contributed by atoms with E-state index in [1.165, 1.54) is 12.1 Å². The van der Waals surface area contributed by atoms with E-state index in [1.807, 2.05) is 0 Å². The summed E-state index contributed by atoms with van der Waals surface area (Å²) in [5, 5.41) is 13.4. The van der Waals surface area contributed by atoms with Gasteiger partial charge in [-0.05, 0) is 30.3 Å². The van der Waals surface area contributed by atoms with E-state index in [1.54, 1.807) is 24.3 Å². The van der Waals surface area contributed by atoms with E-state index in [9.17, 15) is 14.0 Å². The number of carboxylic acid groups (broad SMARTS) is 1. The van der Waals surface area contributed by atoms with Crippen LogP contribution >= 0.6 is 0 Å². The minimum Gasteiger partial charge on any atom is -0.476 e. The molecule has 6 heteroatoms. The number of hydrogen-bond donors (Lipinski definition) is 1. The zero-order valence-corrected chi connectivity index (χ0v) is 10.7. The van der Waals surface area contributed by atoms with Gasteiger partial charge in [-0.2, -0.15) is 9.78 Å². The summed E-state index contributed by atoms with van der Waals surface area (Å²) in [5.41, 5.74) is 0.423. The fourth-order valence-electron chi connectivity index (χ4n) is 2.09. The van der Waals surface area contributed by atoms with Crippen molar-refractivity contribution in [2.75, 3.05) is 0 Å². The third-order valence-electron chi connectivity index (χ3n) is 3.07. The maximum Gasteiger partial charge on any atom is 0.357 e. The van der Waals surface area contributed by atoms with E-state index in [4.69, 9.17) is 5.11 Å². The molecule has 0 fully saturated rings. The zero-order valence-electron chi connectivity index (χ0n) is 10.7. The van der Waals surface area contributed by atoms with Gasteiger partial charge in [-0.3, -0.25) is 4.79 Å². The molecule has 1 N–H and O–H groups in total. The van der Waals surface area contributed by atoms with Crippen LogP contribution < -0.4 is 0 Å². The van der Waals surface area contributed by atoms with Crippen LogP contribution in [-0.2, 0) is 0 Å². The summed E-state index contributed by atoms with van der Waals surface area (Å²) >= 11 is 0. The molecule has 0 saturated carbocycles. The lowest BCUT2D eigenvalue weighted by Crippen LogP contribution is -2.14. The second kappa shape index (κ2) is 4.82. The maximum absolute atomic E-state index is 12.9. The van der Waals surface area contributed by atoms with Crippen molar-refractivity contribution in [2.24, 2.45) is 0 Å². The number of para-hydroxylation sites is 1. The van der Waals surface area contributed by atoms with Crippen LogP contribution in [0.2, 0.25) is 0 Å². The third kappa shape index (κ3) is 2.16. The molecule has 0 amide bonds. The first-order valence-electron chi connectivity index (χ1n) is 6.09. The number of aromatic nitrogens is 2. The first-order chi connectivity index (χ1) is 10.1. The number of nitrogens with zero attached hydrogens (tertiary/aromatic N) is 2. The molecule has 0 spiro atoms. The number of fused-ring (bicyclic) bond motifs is 1. The number of halogens is 1. The Labute approximate surface area is 118 Å². The van der Waals surface area contributed by atoms with Gasteiger partial charge in [-0.25, -0.2) is 9.18 Å². The molecule has 0 unspecified atom stereocenters. The van der Waals surface area contributed by atoms with Gasteiger partial charge in [-0.1, -0.05) is 18.2 Å². The van der Waals surface area contributed by atoms with Gasteiger partial charge in [0.25, 0.3) is 5.91 Å². The molecular formula is C15H9FN2O3. The summed E-state index contributed by atoms with van der Waals surface area (Å²) in [5.74, 6) is -2.18. The second-order valence-corrected chi connectivity index (χ2v) is 4.39. The molecule has 0 bridgehead atoms. The summed E-state index contributed by atoms with van der Waals surface area (Å²) in [4.78, 5) is 23.6. The number of carboxylic acids is 1. The molecule has 104 valence electrons. The SMILES string of the molecule is O=C(O)c1nn(C(=O)c2ccc(F)cc2)c2ccccc12. The lowest BCUT2D eigenvalue weighted by Gasteiger charge is -2.02. The third-order valence-corrected chi connectivity index (χ3v) is 3.07. The lowest BCUT2D eigenvalue weighted by molar-refractivity contribution is 0.0691. The van der Waals surface area contributed by atoms with Gasteiger partial charge in [0.2, 0.25) is 0 Å². The molecule has 0 saturated heterocycles. The monoisotopic (exact) mass is 284 g/mol. The number of hydrogen-bond acceptors (Lipinski definition) is 3. The minimum atomic E-state index is -1.21. The van der Waals surface area contributed by atoms with Crippen LogP contribution in [0, 0.1) is 5.82 Å². The average Bonchev–Trinajstić information content (AvgIpc) is 2.87. The number of rotatable bonds is 2. The first kappa shape index (κ1) is 13.0. The van der Waals surface area contributed by atoms with Crippen LogP contribution in [0.1, 0.15) is 20.8 Å². The van der Waals surface area contributed by atoms with Gasteiger partial charge in [0.15, 0.2) is 5.69 Å². The second-order valence-electron chi connectivity index (χ2n) is 4.39. The molecule has 0 radical (unpaired) electrons. The maximum atomic E-state index is 12.9. The molecule has 1 heterocycles. The van der Waals surface area contributed by atoms with Crippen LogP contribution in [0.4, 0.5) is 4.39 Å². The Morgan fingerprint density at radius 1 is 1.05 bits per heavy atom. The van der Waals surface area contributed by atoms with Crippen molar-refractivity contribution >= 4 is 22.8 Å². The van der Waals surface area contributed by atoms with Gasteiger partial charge < -0.3 is 5.11 Å². The highest BCUT2D eigenvalue weighted by Gasteiger charge is 2.20. The van der Waals surface area contributed by atoms with Crippen molar-refractivity contribution in [3.8, 4) is 0 Å². The normalized spacial score (nSPS) is 10.7. The molecule has 5 nitrogen and oxygen atoms in total. The van der Waals surface area contributed by atoms with Gasteiger partial charge in [0.05, 0.1) is 5.52 Å². The predicted molar refractivity (Wildman–Crippen MR) is 72.8 cm³/mol. The Morgan fingerprint density at radius 3 is 2.38 bits per heavy atom. The van der Waals surface area contributed by atoms with E-state index in [2.05, 4.69) is 5.10 Å². The summed E-state index contributed by atoms with van der Waals surface area (Å²) in [7, 11) is 0. The molecule has 1 aromatic heterocycles. The lowest BCUT2D eigenvalue weighted by atomic mass is 10.2. The Hall–Kier alpha value is -3.02. The van der Waals surface area contributed by atoms with Crippen LogP contribution in [0.15, 0.2) is 48.5 Å². The van der Waals surface area contributed by atoms with Crippen molar-refractivity contribution in [3.05, 3.63) is 65.6 Å². The van der Waals surface area contributed by atoms with E-state index in [-0.39, 0.29) is 11.3 Å². The molecule has 3 rings (SSSR count). The van der Waals surface area contributed by atoms with E-state index >= 15 is 0 Å². The van der Waals surface area contributed by atoms with Gasteiger partial charge in [0, 0.05) is 10.9 Å². The standard InChI is InChI=1S/C15H9FN2O3/c16-10-7-5-9(6-8-10)14(19)18-12-4-2-1-3-11(12)13(17-18)15(20)21/h1-8H,(H,20,21). The largest absolute Gasteiger partial charge is 0.476 e. The first-order valence-corrected chi connectivity index (χ1v) is 6.09. The molecule has 3 aromatic rings. The molecule has 0 aliphatic carbocycles. The van der Waals surface area contributed by atoms with Crippen LogP contribution in [0.3, 0.4) is 0 Å². The molecule has 2 aromatic carbocycles. The minimum absolute atomic E-state index is 0.193. The smallest absolute Gasteiger partial charge is 0.357 e. The predicted octanol–water partition coefficient (Wildman–Crippen LogP) is 2.56. The van der Waals surface area contributed by atoms with Gasteiger partial charge in [-0.15, -0.1) is 0 Å². The van der Waals surface area contributed by atoms with Gasteiger partial charge in [0.1, 0.15) is 5.82 Å². The number of aromatic carboxylic acids is 1. The van der Waals surface area contributed by atoms with Gasteiger partial charge >= 0.3 is 5.97 Å². The van der Waals surface area contributed by atoms with Crippen molar-refractivity contribution in [1.29, 1.82) is 0 Å². The van der Waals surface area contributed by atoms with Crippen molar-refractivity contribution < 1.29 is 19.1 Å². The van der Waals surface area contributed by atoms with Crippen molar-refractivity contribution in [2.45, 2.75) is 0 Å². The highest BCUT2D eigenvalue weighted by Crippen LogP contribution is 2.19. The Balaban J connectivity index is 2.18. The highest BCUT2D eigenvalue weighted by atomic mass is 19.1. The summed E-state index contributed by atoms with van der Waals surface area (Å²) in [6.07, 6.45) is 0. The Morgan fingerprint density at radius 2 is 1.71 bits per heavy atom. The van der Waals surface area contributed by atoms with Crippen molar-refractivity contribution in [3.63, 3.8) is 0 Å². The van der Waals surface area contributed by atoms with Crippen LogP contribution in [0.25, 0.3) is 10.9 Å². The van der Waals surface area contributed by atoms with Crippen LogP contribution in [0.5, 0.6) is 0 Å². The summed E-state index contributed by atoms with van der Waals surface area (Å²) in [6, 6.07) is 11.5. The Bertz CT molecular complexity index is 853. The van der Waals surface area contributed by atoms with E-state index in [0.717, 1.165) is 16.8 Å². The fraction of sp³-hybridized carbons (Fsp3) is 0. The summed E-state index contributed by atoms with van der Waals surface area (Å²) < 4.78 is 13.9. The quantitative estimate of drug-likeness (QED) is 0.785. The molecular weight excluding hydrogens is 275 g/mol.